The Bertz CT molecular complexity index is 457. The van der Waals surface area contributed by atoms with Gasteiger partial charge in [0, 0.05) is 19.1 Å². The molecule has 2 rings (SSSR count). The fraction of sp³-hybridized carbons (Fsp3) is 0.600. The summed E-state index contributed by atoms with van der Waals surface area (Å²) in [5, 5.41) is 3.20. The van der Waals surface area contributed by atoms with E-state index in [-0.39, 0.29) is 5.75 Å². The van der Waals surface area contributed by atoms with Crippen molar-refractivity contribution in [3.8, 4) is 11.5 Å². The monoisotopic (exact) mass is 300 g/mol. The second-order valence-corrected chi connectivity index (χ2v) is 5.19. The molecule has 1 atom stereocenters. The van der Waals surface area contributed by atoms with Crippen molar-refractivity contribution < 1.29 is 18.3 Å². The van der Waals surface area contributed by atoms with Crippen molar-refractivity contribution in [2.75, 3.05) is 27.2 Å². The minimum atomic E-state index is -2.85. The van der Waals surface area contributed by atoms with E-state index in [1.165, 1.54) is 13.5 Å². The van der Waals surface area contributed by atoms with Crippen molar-refractivity contribution in [1.82, 2.24) is 10.2 Å². The zero-order chi connectivity index (χ0) is 15.2. The number of hydrogen-bond acceptors (Lipinski definition) is 4. The van der Waals surface area contributed by atoms with Crippen molar-refractivity contribution in [3.05, 3.63) is 23.8 Å². The third-order valence-corrected chi connectivity index (χ3v) is 3.77. The third-order valence-electron chi connectivity index (χ3n) is 3.77. The molecule has 0 aromatic heterocycles. The van der Waals surface area contributed by atoms with Crippen LogP contribution in [0.2, 0.25) is 0 Å². The van der Waals surface area contributed by atoms with Gasteiger partial charge in [0.2, 0.25) is 0 Å². The smallest absolute Gasteiger partial charge is 0.387 e. The largest absolute Gasteiger partial charge is 0.493 e. The number of halogens is 2. The highest BCUT2D eigenvalue weighted by Crippen LogP contribution is 2.30. The van der Waals surface area contributed by atoms with Gasteiger partial charge in [-0.15, -0.1) is 0 Å². The van der Waals surface area contributed by atoms with Crippen molar-refractivity contribution in [1.29, 1.82) is 0 Å². The fourth-order valence-electron chi connectivity index (χ4n) is 2.81. The molecule has 0 aliphatic carbocycles. The molecule has 1 unspecified atom stereocenters. The van der Waals surface area contributed by atoms with Crippen LogP contribution in [-0.2, 0) is 6.54 Å². The molecule has 6 heteroatoms. The summed E-state index contributed by atoms with van der Waals surface area (Å²) in [6, 6.07) is 5.71. The number of nitrogens with zero attached hydrogens (tertiary/aromatic N) is 1. The van der Waals surface area contributed by atoms with Gasteiger partial charge in [0.25, 0.3) is 0 Å². The molecule has 1 saturated heterocycles. The minimum absolute atomic E-state index is 0.0920. The molecule has 1 aromatic rings. The van der Waals surface area contributed by atoms with Crippen molar-refractivity contribution in [3.63, 3.8) is 0 Å². The number of hydrogen-bond donors (Lipinski definition) is 1. The number of methoxy groups -OCH3 is 1. The predicted molar refractivity (Wildman–Crippen MR) is 77.0 cm³/mol. The Morgan fingerprint density at radius 2 is 2.19 bits per heavy atom. The summed E-state index contributed by atoms with van der Waals surface area (Å²) in [6.45, 7) is -0.145. The molecule has 1 aromatic carbocycles. The molecule has 1 fully saturated rings. The van der Waals surface area contributed by atoms with Crippen LogP contribution >= 0.6 is 0 Å². The lowest BCUT2D eigenvalue weighted by Gasteiger charge is -2.24. The molecule has 0 radical (unpaired) electrons. The first kappa shape index (κ1) is 16.0. The highest BCUT2D eigenvalue weighted by Gasteiger charge is 2.24. The lowest BCUT2D eigenvalue weighted by molar-refractivity contribution is -0.0512. The first-order chi connectivity index (χ1) is 10.1. The Labute approximate surface area is 124 Å². The summed E-state index contributed by atoms with van der Waals surface area (Å²) in [5.41, 5.74) is 0.953. The van der Waals surface area contributed by atoms with Gasteiger partial charge in [0.15, 0.2) is 11.5 Å². The van der Waals surface area contributed by atoms with Gasteiger partial charge in [0.1, 0.15) is 0 Å². The Balaban J connectivity index is 2.09. The average molecular weight is 300 g/mol. The lowest BCUT2D eigenvalue weighted by Crippen LogP contribution is -2.36. The molecule has 0 bridgehead atoms. The highest BCUT2D eigenvalue weighted by molar-refractivity contribution is 5.43. The van der Waals surface area contributed by atoms with Gasteiger partial charge in [-0.05, 0) is 44.1 Å². The molecule has 0 amide bonds. The van der Waals surface area contributed by atoms with Gasteiger partial charge < -0.3 is 14.8 Å². The Hall–Kier alpha value is -1.40. The SMILES string of the molecule is CNCC1CCCN1Cc1ccc(OC)c(OC(F)F)c1. The van der Waals surface area contributed by atoms with Gasteiger partial charge in [-0.1, -0.05) is 6.07 Å². The topological polar surface area (TPSA) is 33.7 Å². The quantitative estimate of drug-likeness (QED) is 0.839. The van der Waals surface area contributed by atoms with Crippen molar-refractivity contribution in [2.24, 2.45) is 0 Å². The average Bonchev–Trinajstić information content (AvgIpc) is 2.86. The maximum Gasteiger partial charge on any atom is 0.387 e. The van der Waals surface area contributed by atoms with Gasteiger partial charge in [-0.2, -0.15) is 8.78 Å². The number of nitrogens with one attached hydrogen (secondary N) is 1. The number of ether oxygens (including phenoxy) is 2. The number of alkyl halides is 2. The van der Waals surface area contributed by atoms with Crippen LogP contribution in [0.1, 0.15) is 18.4 Å². The number of likely N-dealkylation sites (N-methyl/N-ethyl adjacent to an activating group) is 1. The summed E-state index contributed by atoms with van der Waals surface area (Å²) >= 11 is 0. The second-order valence-electron chi connectivity index (χ2n) is 5.19. The zero-order valence-corrected chi connectivity index (χ0v) is 12.4. The van der Waals surface area contributed by atoms with E-state index in [2.05, 4.69) is 15.0 Å². The van der Waals surface area contributed by atoms with Crippen LogP contribution < -0.4 is 14.8 Å². The molecule has 4 nitrogen and oxygen atoms in total. The molecule has 1 N–H and O–H groups in total. The summed E-state index contributed by atoms with van der Waals surface area (Å²) in [5.74, 6) is 0.418. The Kier molecular flexibility index (Phi) is 5.76. The van der Waals surface area contributed by atoms with Crippen molar-refractivity contribution >= 4 is 0 Å². The molecular formula is C15H22F2N2O2. The molecule has 0 spiro atoms. The normalized spacial score (nSPS) is 19.2. The fourth-order valence-corrected chi connectivity index (χ4v) is 2.81. The highest BCUT2D eigenvalue weighted by atomic mass is 19.3. The summed E-state index contributed by atoms with van der Waals surface area (Å²) in [7, 11) is 3.38. The Morgan fingerprint density at radius 3 is 2.86 bits per heavy atom. The van der Waals surface area contributed by atoms with Crippen LogP contribution in [0.5, 0.6) is 11.5 Å². The van der Waals surface area contributed by atoms with Crippen LogP contribution in [0, 0.1) is 0 Å². The second kappa shape index (κ2) is 7.56. The van der Waals surface area contributed by atoms with Gasteiger partial charge in [-0.25, -0.2) is 0 Å². The molecule has 0 saturated carbocycles. The first-order valence-electron chi connectivity index (χ1n) is 7.14. The van der Waals surface area contributed by atoms with Gasteiger partial charge in [0.05, 0.1) is 7.11 Å². The third kappa shape index (κ3) is 4.28. The number of likely N-dealkylation sites (tertiary alicyclic amines) is 1. The maximum atomic E-state index is 12.4. The zero-order valence-electron chi connectivity index (χ0n) is 12.4. The molecule has 1 aliphatic heterocycles. The first-order valence-corrected chi connectivity index (χ1v) is 7.14. The molecular weight excluding hydrogens is 278 g/mol. The lowest BCUT2D eigenvalue weighted by atomic mass is 10.1. The van der Waals surface area contributed by atoms with E-state index < -0.39 is 6.61 Å². The molecule has 118 valence electrons. The van der Waals surface area contributed by atoms with Crippen LogP contribution in [0.4, 0.5) is 8.78 Å². The van der Waals surface area contributed by atoms with Crippen LogP contribution in [0.25, 0.3) is 0 Å². The summed E-state index contributed by atoms with van der Waals surface area (Å²) in [6.07, 6.45) is 2.33. The minimum Gasteiger partial charge on any atom is -0.493 e. The maximum absolute atomic E-state index is 12.4. The summed E-state index contributed by atoms with van der Waals surface area (Å²) in [4.78, 5) is 2.37. The standard InChI is InChI=1S/C15H22F2N2O2/c1-18-9-12-4-3-7-19(12)10-11-5-6-13(20-2)14(8-11)21-15(16)17/h5-6,8,12,15,18H,3-4,7,9-10H2,1-2H3. The molecule has 1 aliphatic rings. The van der Waals surface area contributed by atoms with Crippen LogP contribution in [0.3, 0.4) is 0 Å². The van der Waals surface area contributed by atoms with E-state index in [9.17, 15) is 8.78 Å². The number of benzene rings is 1. The van der Waals surface area contributed by atoms with Crippen LogP contribution in [-0.4, -0.2) is 44.8 Å². The van der Waals surface area contributed by atoms with E-state index in [0.29, 0.717) is 11.8 Å². The molecule has 1 heterocycles. The van der Waals surface area contributed by atoms with E-state index in [1.54, 1.807) is 12.1 Å². The number of rotatable bonds is 7. The van der Waals surface area contributed by atoms with E-state index in [0.717, 1.165) is 31.6 Å². The van der Waals surface area contributed by atoms with E-state index in [1.807, 2.05) is 13.1 Å². The molecule has 21 heavy (non-hydrogen) atoms. The van der Waals surface area contributed by atoms with E-state index in [4.69, 9.17) is 4.74 Å². The van der Waals surface area contributed by atoms with Gasteiger partial charge >= 0.3 is 6.61 Å². The predicted octanol–water partition coefficient (Wildman–Crippen LogP) is 2.48. The Morgan fingerprint density at radius 1 is 1.38 bits per heavy atom. The van der Waals surface area contributed by atoms with Crippen LogP contribution in [0.15, 0.2) is 18.2 Å². The van der Waals surface area contributed by atoms with E-state index >= 15 is 0 Å². The summed E-state index contributed by atoms with van der Waals surface area (Å²) < 4.78 is 34.5. The van der Waals surface area contributed by atoms with Gasteiger partial charge in [-0.3, -0.25) is 4.90 Å². The van der Waals surface area contributed by atoms with Crippen molar-refractivity contribution in [2.45, 2.75) is 32.0 Å².